The number of hydrogen-bond acceptors (Lipinski definition) is 4. The van der Waals surface area contributed by atoms with Crippen molar-refractivity contribution in [1.29, 1.82) is 0 Å². The van der Waals surface area contributed by atoms with Crippen molar-refractivity contribution in [3.8, 4) is 0 Å². The van der Waals surface area contributed by atoms with Crippen LogP contribution in [0.4, 0.5) is 11.6 Å². The Hall–Kier alpha value is -2.43. The molecule has 1 heterocycles. The number of nitrogens with one attached hydrogen (secondary N) is 2. The van der Waals surface area contributed by atoms with E-state index in [1.54, 1.807) is 12.3 Å². The quantitative estimate of drug-likeness (QED) is 0.895. The van der Waals surface area contributed by atoms with Crippen LogP contribution in [-0.2, 0) is 0 Å². The normalized spacial score (nSPS) is 15.1. The molecule has 0 saturated heterocycles. The average molecular weight is 324 g/mol. The van der Waals surface area contributed by atoms with Crippen LogP contribution in [0.1, 0.15) is 53.7 Å². The summed E-state index contributed by atoms with van der Waals surface area (Å²) in [5.41, 5.74) is 3.67. The zero-order valence-electron chi connectivity index (χ0n) is 14.3. The fraction of sp³-hybridized carbons (Fsp3) is 0.421. The van der Waals surface area contributed by atoms with Crippen LogP contribution in [0.25, 0.3) is 0 Å². The van der Waals surface area contributed by atoms with Crippen LogP contribution in [0.5, 0.6) is 0 Å². The van der Waals surface area contributed by atoms with E-state index >= 15 is 0 Å². The zero-order chi connectivity index (χ0) is 16.9. The van der Waals surface area contributed by atoms with Crippen LogP contribution in [0.2, 0.25) is 0 Å². The summed E-state index contributed by atoms with van der Waals surface area (Å²) in [6, 6.07) is 8.11. The monoisotopic (exact) mass is 324 g/mol. The molecule has 0 atom stereocenters. The second-order valence-corrected chi connectivity index (χ2v) is 6.58. The van der Waals surface area contributed by atoms with E-state index in [1.165, 1.54) is 30.4 Å². The van der Waals surface area contributed by atoms with Gasteiger partial charge < -0.3 is 10.6 Å². The summed E-state index contributed by atoms with van der Waals surface area (Å²) < 4.78 is 0. The molecule has 1 fully saturated rings. The fourth-order valence-electron chi connectivity index (χ4n) is 3.23. The summed E-state index contributed by atoms with van der Waals surface area (Å²) in [5, 5.41) is 6.27. The van der Waals surface area contributed by atoms with Crippen LogP contribution in [0.3, 0.4) is 0 Å². The van der Waals surface area contributed by atoms with Crippen molar-refractivity contribution >= 4 is 17.5 Å². The topological polar surface area (TPSA) is 66.9 Å². The maximum absolute atomic E-state index is 12.4. The van der Waals surface area contributed by atoms with Crippen LogP contribution in [0, 0.1) is 13.8 Å². The van der Waals surface area contributed by atoms with E-state index in [9.17, 15) is 4.79 Å². The second-order valence-electron chi connectivity index (χ2n) is 6.58. The highest BCUT2D eigenvalue weighted by atomic mass is 16.1. The number of carbonyl (C=O) groups is 1. The summed E-state index contributed by atoms with van der Waals surface area (Å²) in [6.07, 6.45) is 7.38. The Morgan fingerprint density at radius 3 is 2.50 bits per heavy atom. The third-order valence-electron chi connectivity index (χ3n) is 4.31. The molecular formula is C19H24N4O. The van der Waals surface area contributed by atoms with Crippen molar-refractivity contribution in [2.45, 2.75) is 52.0 Å². The number of amides is 1. The number of rotatable bonds is 4. The van der Waals surface area contributed by atoms with E-state index in [-0.39, 0.29) is 11.9 Å². The standard InChI is InChI=1S/C19H24N4O/c1-13-10-14(2)12-16(11-13)22-19-20-9-8-17(23-19)18(24)21-15-6-4-3-5-7-15/h8-12,15H,3-7H2,1-2H3,(H,21,24)(H,20,22,23). The van der Waals surface area contributed by atoms with Crippen molar-refractivity contribution in [3.05, 3.63) is 47.3 Å². The van der Waals surface area contributed by atoms with E-state index in [0.717, 1.165) is 18.5 Å². The number of carbonyl (C=O) groups excluding carboxylic acids is 1. The smallest absolute Gasteiger partial charge is 0.270 e. The molecule has 126 valence electrons. The van der Waals surface area contributed by atoms with Crippen LogP contribution in [-0.4, -0.2) is 21.9 Å². The van der Waals surface area contributed by atoms with E-state index < -0.39 is 0 Å². The summed E-state index contributed by atoms with van der Waals surface area (Å²) in [6.45, 7) is 4.10. The largest absolute Gasteiger partial charge is 0.348 e. The van der Waals surface area contributed by atoms with E-state index in [0.29, 0.717) is 11.6 Å². The summed E-state index contributed by atoms with van der Waals surface area (Å²) >= 11 is 0. The molecule has 0 spiro atoms. The Bertz CT molecular complexity index is 703. The number of anilines is 2. The molecule has 5 nitrogen and oxygen atoms in total. The van der Waals surface area contributed by atoms with Crippen LogP contribution >= 0.6 is 0 Å². The fourth-order valence-corrected chi connectivity index (χ4v) is 3.23. The number of hydrogen-bond donors (Lipinski definition) is 2. The van der Waals surface area contributed by atoms with Gasteiger partial charge >= 0.3 is 0 Å². The maximum atomic E-state index is 12.4. The molecule has 2 N–H and O–H groups in total. The molecule has 0 unspecified atom stereocenters. The van der Waals surface area contributed by atoms with Gasteiger partial charge in [0.25, 0.3) is 5.91 Å². The van der Waals surface area contributed by atoms with Gasteiger partial charge in [-0.05, 0) is 56.0 Å². The van der Waals surface area contributed by atoms with Gasteiger partial charge in [0.1, 0.15) is 5.69 Å². The molecule has 1 aliphatic carbocycles. The molecule has 1 aromatic carbocycles. The zero-order valence-corrected chi connectivity index (χ0v) is 14.3. The molecular weight excluding hydrogens is 300 g/mol. The summed E-state index contributed by atoms with van der Waals surface area (Å²) in [7, 11) is 0. The first-order valence-corrected chi connectivity index (χ1v) is 8.59. The summed E-state index contributed by atoms with van der Waals surface area (Å²) in [5.74, 6) is 0.323. The Labute approximate surface area is 142 Å². The highest BCUT2D eigenvalue weighted by Crippen LogP contribution is 2.19. The minimum absolute atomic E-state index is 0.118. The third-order valence-corrected chi connectivity index (χ3v) is 4.31. The van der Waals surface area contributed by atoms with Gasteiger partial charge in [0.2, 0.25) is 5.95 Å². The number of aryl methyl sites for hydroxylation is 2. The molecule has 0 radical (unpaired) electrons. The van der Waals surface area contributed by atoms with Gasteiger partial charge in [-0.3, -0.25) is 4.79 Å². The molecule has 1 aliphatic rings. The minimum atomic E-state index is -0.118. The molecule has 5 heteroatoms. The highest BCUT2D eigenvalue weighted by Gasteiger charge is 2.17. The lowest BCUT2D eigenvalue weighted by atomic mass is 9.95. The number of benzene rings is 1. The van der Waals surface area contributed by atoms with Crippen molar-refractivity contribution in [1.82, 2.24) is 15.3 Å². The molecule has 1 aromatic heterocycles. The van der Waals surface area contributed by atoms with Gasteiger partial charge in [0.05, 0.1) is 0 Å². The van der Waals surface area contributed by atoms with Crippen LogP contribution in [0.15, 0.2) is 30.5 Å². The van der Waals surface area contributed by atoms with Crippen molar-refractivity contribution < 1.29 is 4.79 Å². The van der Waals surface area contributed by atoms with E-state index in [4.69, 9.17) is 0 Å². The predicted octanol–water partition coefficient (Wildman–Crippen LogP) is 3.90. The Morgan fingerprint density at radius 1 is 1.08 bits per heavy atom. The van der Waals surface area contributed by atoms with Crippen molar-refractivity contribution in [3.63, 3.8) is 0 Å². The summed E-state index contributed by atoms with van der Waals surface area (Å²) in [4.78, 5) is 21.0. The van der Waals surface area contributed by atoms with Gasteiger partial charge in [0.15, 0.2) is 0 Å². The molecule has 2 aromatic rings. The third kappa shape index (κ3) is 4.31. The Kier molecular flexibility index (Phi) is 5.08. The van der Waals surface area contributed by atoms with Crippen molar-refractivity contribution in [2.24, 2.45) is 0 Å². The van der Waals surface area contributed by atoms with Crippen molar-refractivity contribution in [2.75, 3.05) is 5.32 Å². The van der Waals surface area contributed by atoms with E-state index in [1.807, 2.05) is 26.0 Å². The highest BCUT2D eigenvalue weighted by molar-refractivity contribution is 5.92. The van der Waals surface area contributed by atoms with Gasteiger partial charge in [0, 0.05) is 17.9 Å². The lowest BCUT2D eigenvalue weighted by Gasteiger charge is -2.22. The molecule has 1 saturated carbocycles. The molecule has 24 heavy (non-hydrogen) atoms. The second kappa shape index (κ2) is 7.43. The van der Waals surface area contributed by atoms with Gasteiger partial charge in [-0.25, -0.2) is 9.97 Å². The maximum Gasteiger partial charge on any atom is 0.270 e. The minimum Gasteiger partial charge on any atom is -0.348 e. The first-order valence-electron chi connectivity index (χ1n) is 8.59. The molecule has 3 rings (SSSR count). The molecule has 0 aliphatic heterocycles. The van der Waals surface area contributed by atoms with E-state index in [2.05, 4.69) is 26.7 Å². The lowest BCUT2D eigenvalue weighted by Crippen LogP contribution is -2.36. The average Bonchev–Trinajstić information content (AvgIpc) is 2.55. The molecule has 0 bridgehead atoms. The Balaban J connectivity index is 1.70. The first-order chi connectivity index (χ1) is 11.6. The van der Waals surface area contributed by atoms with Gasteiger partial charge in [-0.15, -0.1) is 0 Å². The molecule has 1 amide bonds. The first kappa shape index (κ1) is 16.4. The van der Waals surface area contributed by atoms with Gasteiger partial charge in [-0.2, -0.15) is 0 Å². The van der Waals surface area contributed by atoms with Gasteiger partial charge in [-0.1, -0.05) is 25.3 Å². The Morgan fingerprint density at radius 2 is 1.79 bits per heavy atom. The number of aromatic nitrogens is 2. The lowest BCUT2D eigenvalue weighted by molar-refractivity contribution is 0.0922. The SMILES string of the molecule is Cc1cc(C)cc(Nc2nccc(C(=O)NC3CCCCC3)n2)c1. The predicted molar refractivity (Wildman–Crippen MR) is 95.6 cm³/mol. The number of nitrogens with zero attached hydrogens (tertiary/aromatic N) is 2. The van der Waals surface area contributed by atoms with Crippen LogP contribution < -0.4 is 10.6 Å².